The zero-order chi connectivity index (χ0) is 15.2. The van der Waals surface area contributed by atoms with Crippen molar-refractivity contribution >= 4 is 16.9 Å². The average Bonchev–Trinajstić information content (AvgIpc) is 2.87. The number of likely N-dealkylation sites (N-methyl/N-ethyl adjacent to an activating group) is 1. The highest BCUT2D eigenvalue weighted by Crippen LogP contribution is 2.52. The molecule has 1 aromatic heterocycles. The van der Waals surface area contributed by atoms with Gasteiger partial charge in [0.05, 0.1) is 11.0 Å². The summed E-state index contributed by atoms with van der Waals surface area (Å²) in [6, 6.07) is 6.14. The highest BCUT2D eigenvalue weighted by atomic mass is 16.2. The average molecular weight is 285 g/mol. The third-order valence-electron chi connectivity index (χ3n) is 4.64. The number of benzene rings is 1. The molecule has 1 aromatic carbocycles. The van der Waals surface area contributed by atoms with Crippen LogP contribution < -0.4 is 0 Å². The summed E-state index contributed by atoms with van der Waals surface area (Å²) in [6.45, 7) is 7.10. The van der Waals surface area contributed by atoms with Crippen LogP contribution in [0, 0.1) is 18.3 Å². The standard InChI is InChI=1S/C17H23N3O/c1-11-6-5-7-13-15(11)19-14(18-13)8-9-20(4)16(21)12-10-17(12,2)3/h5-7,12H,8-10H2,1-4H3,(H,18,19)/t12-/m0/s1. The van der Waals surface area contributed by atoms with E-state index in [1.54, 1.807) is 0 Å². The molecule has 0 aliphatic heterocycles. The van der Waals surface area contributed by atoms with Crippen LogP contribution in [-0.4, -0.2) is 34.4 Å². The molecule has 1 fully saturated rings. The second kappa shape index (κ2) is 4.86. The Morgan fingerprint density at radius 3 is 2.81 bits per heavy atom. The molecule has 1 amide bonds. The van der Waals surface area contributed by atoms with E-state index in [9.17, 15) is 4.79 Å². The Hall–Kier alpha value is -1.84. The van der Waals surface area contributed by atoms with Gasteiger partial charge in [0.15, 0.2) is 0 Å². The molecular weight excluding hydrogens is 262 g/mol. The van der Waals surface area contributed by atoms with Crippen LogP contribution in [0.2, 0.25) is 0 Å². The topological polar surface area (TPSA) is 49.0 Å². The monoisotopic (exact) mass is 285 g/mol. The Bertz CT molecular complexity index is 686. The molecule has 3 rings (SSSR count). The molecule has 0 bridgehead atoms. The number of para-hydroxylation sites is 1. The van der Waals surface area contributed by atoms with Crippen molar-refractivity contribution in [3.05, 3.63) is 29.6 Å². The summed E-state index contributed by atoms with van der Waals surface area (Å²) in [5.74, 6) is 1.43. The number of carbonyl (C=O) groups is 1. The lowest BCUT2D eigenvalue weighted by Gasteiger charge is -2.17. The Morgan fingerprint density at radius 2 is 2.19 bits per heavy atom. The smallest absolute Gasteiger partial charge is 0.225 e. The number of imidazole rings is 1. The van der Waals surface area contributed by atoms with Gasteiger partial charge < -0.3 is 9.88 Å². The highest BCUT2D eigenvalue weighted by Gasteiger charge is 2.51. The summed E-state index contributed by atoms with van der Waals surface area (Å²) in [4.78, 5) is 22.1. The Morgan fingerprint density at radius 1 is 1.48 bits per heavy atom. The van der Waals surface area contributed by atoms with Gasteiger partial charge in [-0.1, -0.05) is 26.0 Å². The number of hydrogen-bond acceptors (Lipinski definition) is 2. The van der Waals surface area contributed by atoms with Gasteiger partial charge in [0.25, 0.3) is 0 Å². The summed E-state index contributed by atoms with van der Waals surface area (Å²) >= 11 is 0. The van der Waals surface area contributed by atoms with E-state index in [4.69, 9.17) is 0 Å². The number of aromatic nitrogens is 2. The predicted octanol–water partition coefficient (Wildman–Crippen LogP) is 2.92. The number of amides is 1. The van der Waals surface area contributed by atoms with Gasteiger partial charge in [-0.25, -0.2) is 4.98 Å². The molecule has 1 aliphatic rings. The normalized spacial score (nSPS) is 19.7. The number of fused-ring (bicyclic) bond motifs is 1. The van der Waals surface area contributed by atoms with Gasteiger partial charge >= 0.3 is 0 Å². The fourth-order valence-corrected chi connectivity index (χ4v) is 2.88. The number of nitrogens with one attached hydrogen (secondary N) is 1. The van der Waals surface area contributed by atoms with E-state index >= 15 is 0 Å². The number of carbonyl (C=O) groups excluding carboxylic acids is 1. The maximum atomic E-state index is 12.3. The number of H-pyrrole nitrogens is 1. The van der Waals surface area contributed by atoms with Crippen molar-refractivity contribution < 1.29 is 4.79 Å². The van der Waals surface area contributed by atoms with Gasteiger partial charge in [-0.15, -0.1) is 0 Å². The molecule has 0 spiro atoms. The lowest BCUT2D eigenvalue weighted by Crippen LogP contribution is -2.31. The molecule has 1 saturated carbocycles. The zero-order valence-corrected chi connectivity index (χ0v) is 13.2. The van der Waals surface area contributed by atoms with E-state index in [1.165, 1.54) is 5.56 Å². The molecule has 2 aromatic rings. The molecule has 1 atom stereocenters. The molecule has 0 radical (unpaired) electrons. The third kappa shape index (κ3) is 2.67. The molecule has 21 heavy (non-hydrogen) atoms. The molecule has 1 N–H and O–H groups in total. The summed E-state index contributed by atoms with van der Waals surface area (Å²) in [6.07, 6.45) is 1.78. The van der Waals surface area contributed by atoms with Crippen LogP contribution in [0.25, 0.3) is 11.0 Å². The first-order valence-corrected chi connectivity index (χ1v) is 7.58. The van der Waals surface area contributed by atoms with Crippen LogP contribution in [0.1, 0.15) is 31.7 Å². The van der Waals surface area contributed by atoms with Crippen molar-refractivity contribution in [2.24, 2.45) is 11.3 Å². The Labute approximate surface area is 125 Å². The number of hydrogen-bond donors (Lipinski definition) is 1. The van der Waals surface area contributed by atoms with E-state index in [2.05, 4.69) is 36.8 Å². The van der Waals surface area contributed by atoms with Crippen molar-refractivity contribution in [1.82, 2.24) is 14.9 Å². The van der Waals surface area contributed by atoms with E-state index in [1.807, 2.05) is 24.1 Å². The molecule has 4 nitrogen and oxygen atoms in total. The van der Waals surface area contributed by atoms with Gasteiger partial charge in [0, 0.05) is 25.9 Å². The fourth-order valence-electron chi connectivity index (χ4n) is 2.88. The van der Waals surface area contributed by atoms with Gasteiger partial charge in [0.1, 0.15) is 5.82 Å². The number of aryl methyl sites for hydroxylation is 1. The van der Waals surface area contributed by atoms with Crippen molar-refractivity contribution in [2.45, 2.75) is 33.6 Å². The first kappa shape index (κ1) is 14.1. The summed E-state index contributed by atoms with van der Waals surface area (Å²) in [5.41, 5.74) is 3.48. The van der Waals surface area contributed by atoms with Gasteiger partial charge in [-0.05, 0) is 30.4 Å². The van der Waals surface area contributed by atoms with Gasteiger partial charge in [-0.3, -0.25) is 4.79 Å². The second-order valence-corrected chi connectivity index (χ2v) is 6.91. The van der Waals surface area contributed by atoms with Gasteiger partial charge in [-0.2, -0.15) is 0 Å². The number of rotatable bonds is 4. The second-order valence-electron chi connectivity index (χ2n) is 6.91. The third-order valence-corrected chi connectivity index (χ3v) is 4.64. The van der Waals surface area contributed by atoms with Crippen molar-refractivity contribution in [1.29, 1.82) is 0 Å². The van der Waals surface area contributed by atoms with E-state index in [0.29, 0.717) is 6.54 Å². The van der Waals surface area contributed by atoms with Crippen LogP contribution in [0.3, 0.4) is 0 Å². The lowest BCUT2D eigenvalue weighted by molar-refractivity contribution is -0.131. The maximum absolute atomic E-state index is 12.3. The predicted molar refractivity (Wildman–Crippen MR) is 84.1 cm³/mol. The van der Waals surface area contributed by atoms with E-state index in [0.717, 1.165) is 29.7 Å². The highest BCUT2D eigenvalue weighted by molar-refractivity contribution is 5.82. The Kier molecular flexibility index (Phi) is 3.27. The van der Waals surface area contributed by atoms with Crippen LogP contribution >= 0.6 is 0 Å². The lowest BCUT2D eigenvalue weighted by atomic mass is 10.1. The van der Waals surface area contributed by atoms with Crippen molar-refractivity contribution in [2.75, 3.05) is 13.6 Å². The van der Waals surface area contributed by atoms with Gasteiger partial charge in [0.2, 0.25) is 5.91 Å². The van der Waals surface area contributed by atoms with E-state index in [-0.39, 0.29) is 17.2 Å². The molecule has 4 heteroatoms. The van der Waals surface area contributed by atoms with Crippen LogP contribution in [0.5, 0.6) is 0 Å². The maximum Gasteiger partial charge on any atom is 0.225 e. The van der Waals surface area contributed by atoms with Crippen LogP contribution in [0.15, 0.2) is 18.2 Å². The number of aromatic amines is 1. The van der Waals surface area contributed by atoms with Crippen LogP contribution in [0.4, 0.5) is 0 Å². The molecule has 0 saturated heterocycles. The van der Waals surface area contributed by atoms with E-state index < -0.39 is 0 Å². The first-order chi connectivity index (χ1) is 9.88. The number of nitrogens with zero attached hydrogens (tertiary/aromatic N) is 2. The molecule has 1 heterocycles. The molecule has 1 aliphatic carbocycles. The Balaban J connectivity index is 1.64. The first-order valence-electron chi connectivity index (χ1n) is 7.58. The van der Waals surface area contributed by atoms with Crippen molar-refractivity contribution in [3.8, 4) is 0 Å². The fraction of sp³-hybridized carbons (Fsp3) is 0.529. The summed E-state index contributed by atoms with van der Waals surface area (Å²) in [7, 11) is 1.89. The quantitative estimate of drug-likeness (QED) is 0.939. The minimum Gasteiger partial charge on any atom is -0.345 e. The minimum absolute atomic E-state index is 0.196. The SMILES string of the molecule is Cc1cccc2[nH]c(CCN(C)C(=O)[C@@H]3CC3(C)C)nc12. The van der Waals surface area contributed by atoms with Crippen molar-refractivity contribution in [3.63, 3.8) is 0 Å². The molecule has 112 valence electrons. The minimum atomic E-state index is 0.196. The summed E-state index contributed by atoms with van der Waals surface area (Å²) < 4.78 is 0. The summed E-state index contributed by atoms with van der Waals surface area (Å²) in [5, 5.41) is 0. The molecular formula is C17H23N3O. The van der Waals surface area contributed by atoms with Crippen LogP contribution in [-0.2, 0) is 11.2 Å². The largest absolute Gasteiger partial charge is 0.345 e. The zero-order valence-electron chi connectivity index (χ0n) is 13.2. The molecule has 0 unspecified atom stereocenters.